The lowest BCUT2D eigenvalue weighted by Gasteiger charge is -2.21. The van der Waals surface area contributed by atoms with Crippen LogP contribution in [0.15, 0.2) is 0 Å². The molecule has 1 nitrogen and oxygen atoms in total. The topological polar surface area (TPSA) is 12.0 Å². The van der Waals surface area contributed by atoms with E-state index in [0.717, 1.165) is 18.9 Å². The summed E-state index contributed by atoms with van der Waals surface area (Å²) in [6, 6.07) is 0. The van der Waals surface area contributed by atoms with Gasteiger partial charge in [-0.3, -0.25) is 0 Å². The van der Waals surface area contributed by atoms with E-state index in [-0.39, 0.29) is 5.54 Å². The second-order valence-electron chi connectivity index (χ2n) is 5.17. The Hall–Kier alpha value is -0.480. The highest BCUT2D eigenvalue weighted by atomic mass is 14.9. The zero-order valence-electron chi connectivity index (χ0n) is 10.2. The first-order chi connectivity index (χ1) is 6.45. The van der Waals surface area contributed by atoms with Gasteiger partial charge in [0.05, 0.1) is 0 Å². The van der Waals surface area contributed by atoms with Crippen molar-refractivity contribution in [3.8, 4) is 12.3 Å². The minimum Gasteiger partial charge on any atom is -0.312 e. The van der Waals surface area contributed by atoms with Gasteiger partial charge in [0.2, 0.25) is 0 Å². The fraction of sp³-hybridized carbons (Fsp3) is 0.846. The summed E-state index contributed by atoms with van der Waals surface area (Å²) < 4.78 is 0. The largest absolute Gasteiger partial charge is 0.312 e. The van der Waals surface area contributed by atoms with Crippen LogP contribution in [0.5, 0.6) is 0 Å². The third-order valence-corrected chi connectivity index (χ3v) is 2.31. The minimum absolute atomic E-state index is 0.249. The normalized spacial score (nSPS) is 13.6. The van der Waals surface area contributed by atoms with Crippen LogP contribution >= 0.6 is 0 Å². The van der Waals surface area contributed by atoms with E-state index < -0.39 is 0 Å². The maximum atomic E-state index is 5.21. The fourth-order valence-corrected chi connectivity index (χ4v) is 1.39. The summed E-state index contributed by atoms with van der Waals surface area (Å²) in [6.45, 7) is 10.0. The van der Waals surface area contributed by atoms with E-state index in [1.807, 2.05) is 0 Å². The van der Waals surface area contributed by atoms with Crippen molar-refractivity contribution in [3.05, 3.63) is 0 Å². The van der Waals surface area contributed by atoms with Gasteiger partial charge in [-0.25, -0.2) is 0 Å². The molecule has 0 aliphatic rings. The van der Waals surface area contributed by atoms with E-state index in [2.05, 4.69) is 38.9 Å². The Bertz CT molecular complexity index is 171. The van der Waals surface area contributed by atoms with Crippen LogP contribution in [-0.4, -0.2) is 12.1 Å². The zero-order chi connectivity index (χ0) is 11.0. The zero-order valence-corrected chi connectivity index (χ0v) is 10.2. The molecule has 0 amide bonds. The van der Waals surface area contributed by atoms with Crippen LogP contribution in [0.3, 0.4) is 0 Å². The van der Waals surface area contributed by atoms with Crippen molar-refractivity contribution in [2.45, 2.75) is 58.9 Å². The van der Waals surface area contributed by atoms with Crippen molar-refractivity contribution in [3.63, 3.8) is 0 Å². The highest BCUT2D eigenvalue weighted by Gasteiger charge is 2.08. The van der Waals surface area contributed by atoms with Crippen molar-refractivity contribution in [1.82, 2.24) is 5.32 Å². The number of hydrogen-bond acceptors (Lipinski definition) is 1. The van der Waals surface area contributed by atoms with E-state index in [0.29, 0.717) is 0 Å². The van der Waals surface area contributed by atoms with Crippen LogP contribution in [0, 0.1) is 18.3 Å². The van der Waals surface area contributed by atoms with Gasteiger partial charge < -0.3 is 5.32 Å². The average Bonchev–Trinajstić information content (AvgIpc) is 2.02. The van der Waals surface area contributed by atoms with E-state index in [1.54, 1.807) is 0 Å². The van der Waals surface area contributed by atoms with E-state index >= 15 is 0 Å². The molecule has 1 N–H and O–H groups in total. The first-order valence-corrected chi connectivity index (χ1v) is 5.64. The molecule has 0 bridgehead atoms. The molecule has 0 rings (SSSR count). The molecule has 0 aliphatic heterocycles. The summed E-state index contributed by atoms with van der Waals surface area (Å²) in [5.74, 6) is 3.48. The third kappa shape index (κ3) is 9.61. The Kier molecular flexibility index (Phi) is 6.66. The van der Waals surface area contributed by atoms with Gasteiger partial charge in [0.25, 0.3) is 0 Å². The number of nitrogens with one attached hydrogen (secondary N) is 1. The molecule has 0 saturated carbocycles. The van der Waals surface area contributed by atoms with Gasteiger partial charge >= 0.3 is 0 Å². The van der Waals surface area contributed by atoms with Crippen LogP contribution in [-0.2, 0) is 0 Å². The minimum atomic E-state index is 0.249. The number of terminal acetylenes is 1. The number of rotatable bonds is 6. The third-order valence-electron chi connectivity index (χ3n) is 2.31. The molecule has 0 aromatic heterocycles. The highest BCUT2D eigenvalue weighted by molar-refractivity contribution is 4.83. The lowest BCUT2D eigenvalue weighted by Crippen LogP contribution is -2.36. The number of hydrogen-bond donors (Lipinski definition) is 1. The molecule has 1 heteroatoms. The lowest BCUT2D eigenvalue weighted by molar-refractivity contribution is 0.384. The fourth-order valence-electron chi connectivity index (χ4n) is 1.39. The predicted octanol–water partition coefficient (Wildman–Crippen LogP) is 3.20. The maximum absolute atomic E-state index is 5.21. The Labute approximate surface area is 89.7 Å². The van der Waals surface area contributed by atoms with E-state index in [9.17, 15) is 0 Å². The summed E-state index contributed by atoms with van der Waals surface area (Å²) in [5, 5.41) is 3.50. The molecule has 1 atom stereocenters. The van der Waals surface area contributed by atoms with Crippen LogP contribution in [0.1, 0.15) is 53.4 Å². The van der Waals surface area contributed by atoms with Crippen molar-refractivity contribution in [1.29, 1.82) is 0 Å². The second-order valence-corrected chi connectivity index (χ2v) is 5.17. The Balaban J connectivity index is 3.36. The molecule has 0 aliphatic carbocycles. The molecule has 0 fully saturated rings. The van der Waals surface area contributed by atoms with E-state index in [4.69, 9.17) is 6.42 Å². The summed E-state index contributed by atoms with van der Waals surface area (Å²) in [7, 11) is 0. The summed E-state index contributed by atoms with van der Waals surface area (Å²) in [4.78, 5) is 0. The predicted molar refractivity (Wildman–Crippen MR) is 64.2 cm³/mol. The Morgan fingerprint density at radius 3 is 2.43 bits per heavy atom. The van der Waals surface area contributed by atoms with Gasteiger partial charge in [0, 0.05) is 12.0 Å². The SMILES string of the molecule is C#CCCCC(C)CCNC(C)(C)C. The average molecular weight is 195 g/mol. The Morgan fingerprint density at radius 2 is 1.93 bits per heavy atom. The van der Waals surface area contributed by atoms with Gasteiger partial charge in [-0.1, -0.05) is 6.92 Å². The molecular formula is C13H25N. The summed E-state index contributed by atoms with van der Waals surface area (Å²) in [5.41, 5.74) is 0.249. The molecular weight excluding hydrogens is 170 g/mol. The van der Waals surface area contributed by atoms with Gasteiger partial charge in [-0.05, 0) is 52.5 Å². The first-order valence-electron chi connectivity index (χ1n) is 5.64. The van der Waals surface area contributed by atoms with Crippen molar-refractivity contribution < 1.29 is 0 Å². The molecule has 1 unspecified atom stereocenters. The van der Waals surface area contributed by atoms with Gasteiger partial charge in [0.15, 0.2) is 0 Å². The summed E-state index contributed by atoms with van der Waals surface area (Å²) in [6.07, 6.45) is 9.82. The Morgan fingerprint density at radius 1 is 1.29 bits per heavy atom. The molecule has 0 saturated heterocycles. The second kappa shape index (κ2) is 6.90. The van der Waals surface area contributed by atoms with Gasteiger partial charge in [-0.2, -0.15) is 0 Å². The standard InChI is InChI=1S/C13H25N/c1-6-7-8-9-12(2)10-11-14-13(3,4)5/h1,12,14H,7-11H2,2-5H3. The molecule has 0 aromatic carbocycles. The monoisotopic (exact) mass is 195 g/mol. The molecule has 0 aromatic rings. The van der Waals surface area contributed by atoms with Crippen molar-refractivity contribution >= 4 is 0 Å². The maximum Gasteiger partial charge on any atom is 0.00965 e. The highest BCUT2D eigenvalue weighted by Crippen LogP contribution is 2.11. The van der Waals surface area contributed by atoms with Gasteiger partial charge in [0.1, 0.15) is 0 Å². The molecule has 0 radical (unpaired) electrons. The lowest BCUT2D eigenvalue weighted by atomic mass is 10.00. The molecule has 82 valence electrons. The smallest absolute Gasteiger partial charge is 0.00965 e. The van der Waals surface area contributed by atoms with E-state index in [1.165, 1.54) is 19.3 Å². The molecule has 0 spiro atoms. The first kappa shape index (κ1) is 13.5. The van der Waals surface area contributed by atoms with Crippen LogP contribution in [0.2, 0.25) is 0 Å². The van der Waals surface area contributed by atoms with Crippen molar-refractivity contribution in [2.75, 3.05) is 6.54 Å². The van der Waals surface area contributed by atoms with Crippen LogP contribution < -0.4 is 5.32 Å². The number of unbranched alkanes of at least 4 members (excludes halogenated alkanes) is 1. The van der Waals surface area contributed by atoms with Crippen LogP contribution in [0.25, 0.3) is 0 Å². The van der Waals surface area contributed by atoms with Crippen LogP contribution in [0.4, 0.5) is 0 Å². The van der Waals surface area contributed by atoms with Gasteiger partial charge in [-0.15, -0.1) is 12.3 Å². The summed E-state index contributed by atoms with van der Waals surface area (Å²) >= 11 is 0. The van der Waals surface area contributed by atoms with Crippen molar-refractivity contribution in [2.24, 2.45) is 5.92 Å². The quantitative estimate of drug-likeness (QED) is 0.507. The molecule has 14 heavy (non-hydrogen) atoms. The molecule has 0 heterocycles.